The Labute approximate surface area is 85.8 Å². The van der Waals surface area contributed by atoms with Crippen molar-refractivity contribution in [3.05, 3.63) is 12.2 Å². The molecule has 0 aliphatic rings. The Morgan fingerprint density at radius 2 is 2.23 bits per heavy atom. The van der Waals surface area contributed by atoms with E-state index in [2.05, 4.69) is 26.1 Å². The average Bonchev–Trinajstić information content (AvgIpc) is 2.10. The van der Waals surface area contributed by atoms with E-state index in [1.165, 1.54) is 0 Å². The van der Waals surface area contributed by atoms with Crippen molar-refractivity contribution < 1.29 is 9.53 Å². The maximum absolute atomic E-state index is 11.0. The lowest BCUT2D eigenvalue weighted by Gasteiger charge is -2.10. The van der Waals surface area contributed by atoms with Gasteiger partial charge in [-0.2, -0.15) is 12.6 Å². The van der Waals surface area contributed by atoms with Crippen LogP contribution in [-0.2, 0) is 9.53 Å². The van der Waals surface area contributed by atoms with E-state index in [0.29, 0.717) is 12.2 Å². The molecule has 0 aliphatic heterocycles. The number of rotatable bonds is 6. The topological polar surface area (TPSA) is 26.3 Å². The lowest BCUT2D eigenvalue weighted by molar-refractivity contribution is -0.138. The number of hydrogen-bond donors (Lipinski definition) is 1. The van der Waals surface area contributed by atoms with E-state index in [4.69, 9.17) is 4.74 Å². The van der Waals surface area contributed by atoms with Gasteiger partial charge in [0, 0.05) is 10.8 Å². The Kier molecular flexibility index (Phi) is 6.77. The van der Waals surface area contributed by atoms with Crippen molar-refractivity contribution >= 4 is 18.6 Å². The van der Waals surface area contributed by atoms with Crippen LogP contribution in [0.1, 0.15) is 33.1 Å². The van der Waals surface area contributed by atoms with Gasteiger partial charge in [-0.3, -0.25) is 0 Å². The van der Waals surface area contributed by atoms with Gasteiger partial charge in [0.15, 0.2) is 0 Å². The molecule has 2 nitrogen and oxygen atoms in total. The van der Waals surface area contributed by atoms with Gasteiger partial charge in [0.2, 0.25) is 0 Å². The fourth-order valence-electron chi connectivity index (χ4n) is 0.818. The first kappa shape index (κ1) is 12.6. The summed E-state index contributed by atoms with van der Waals surface area (Å²) in [6.07, 6.45) is 3.26. The van der Waals surface area contributed by atoms with E-state index in [-0.39, 0.29) is 11.2 Å². The van der Waals surface area contributed by atoms with Crippen LogP contribution in [0.15, 0.2) is 12.2 Å². The minimum atomic E-state index is -0.324. The van der Waals surface area contributed by atoms with Crippen LogP contribution in [0.4, 0.5) is 0 Å². The van der Waals surface area contributed by atoms with Crippen LogP contribution in [0, 0.1) is 0 Å². The molecule has 0 spiro atoms. The van der Waals surface area contributed by atoms with Crippen LogP contribution in [-0.4, -0.2) is 17.8 Å². The van der Waals surface area contributed by atoms with Crippen LogP contribution < -0.4 is 0 Å². The molecule has 0 N–H and O–H groups in total. The highest BCUT2D eigenvalue weighted by Gasteiger charge is 2.07. The predicted molar refractivity (Wildman–Crippen MR) is 58.1 cm³/mol. The predicted octanol–water partition coefficient (Wildman–Crippen LogP) is 2.59. The normalized spacial score (nSPS) is 12.2. The smallest absolute Gasteiger partial charge is 0.333 e. The molecule has 0 radical (unpaired) electrons. The number of unbranched alkanes of at least 4 members (excludes halogenated alkanes) is 1. The average molecular weight is 202 g/mol. The lowest BCUT2D eigenvalue weighted by atomic mass is 10.2. The number of carbonyl (C=O) groups excluding carboxylic acids is 1. The Bertz CT molecular complexity index is 178. The highest BCUT2D eigenvalue weighted by Crippen LogP contribution is 2.07. The van der Waals surface area contributed by atoms with Crippen molar-refractivity contribution in [1.29, 1.82) is 0 Å². The van der Waals surface area contributed by atoms with Gasteiger partial charge in [-0.05, 0) is 13.3 Å². The monoisotopic (exact) mass is 202 g/mol. The molecule has 1 atom stereocenters. The Hall–Kier alpha value is -0.440. The highest BCUT2D eigenvalue weighted by atomic mass is 32.1. The summed E-state index contributed by atoms with van der Waals surface area (Å²) in [4.78, 5) is 11.0. The molecule has 0 aromatic carbocycles. The quantitative estimate of drug-likeness (QED) is 0.407. The van der Waals surface area contributed by atoms with Crippen LogP contribution in [0.25, 0.3) is 0 Å². The Morgan fingerprint density at radius 3 is 2.69 bits per heavy atom. The molecule has 3 heteroatoms. The summed E-state index contributed by atoms with van der Waals surface area (Å²) < 4.78 is 4.95. The third kappa shape index (κ3) is 6.70. The van der Waals surface area contributed by atoms with Crippen molar-refractivity contribution in [3.8, 4) is 0 Å². The van der Waals surface area contributed by atoms with Gasteiger partial charge in [-0.15, -0.1) is 0 Å². The molecule has 0 bridgehead atoms. The van der Waals surface area contributed by atoms with Crippen LogP contribution >= 0.6 is 12.6 Å². The van der Waals surface area contributed by atoms with E-state index in [1.807, 2.05) is 0 Å². The van der Waals surface area contributed by atoms with E-state index in [9.17, 15) is 4.79 Å². The fourth-order valence-corrected chi connectivity index (χ4v) is 1.08. The van der Waals surface area contributed by atoms with Crippen molar-refractivity contribution in [2.24, 2.45) is 0 Å². The second-order valence-corrected chi connectivity index (χ2v) is 3.91. The number of hydrogen-bond acceptors (Lipinski definition) is 3. The van der Waals surface area contributed by atoms with Crippen molar-refractivity contribution in [3.63, 3.8) is 0 Å². The summed E-state index contributed by atoms with van der Waals surface area (Å²) in [5, 5.41) is 0.156. The van der Waals surface area contributed by atoms with Crippen molar-refractivity contribution in [2.75, 3.05) is 6.61 Å². The van der Waals surface area contributed by atoms with Gasteiger partial charge >= 0.3 is 5.97 Å². The minimum Gasteiger partial charge on any atom is -0.461 e. The van der Waals surface area contributed by atoms with Gasteiger partial charge < -0.3 is 4.74 Å². The second-order valence-electron chi connectivity index (χ2n) is 3.17. The molecule has 0 aromatic rings. The number of thiol groups is 1. The zero-order chi connectivity index (χ0) is 10.3. The summed E-state index contributed by atoms with van der Waals surface area (Å²) in [7, 11) is 0. The molecule has 0 saturated carbocycles. The molecule has 0 fully saturated rings. The summed E-state index contributed by atoms with van der Waals surface area (Å²) in [5.74, 6) is -0.324. The Morgan fingerprint density at radius 1 is 1.62 bits per heavy atom. The molecule has 0 rings (SSSR count). The lowest BCUT2D eigenvalue weighted by Crippen LogP contribution is -2.14. The van der Waals surface area contributed by atoms with E-state index < -0.39 is 0 Å². The van der Waals surface area contributed by atoms with Gasteiger partial charge in [0.25, 0.3) is 0 Å². The number of ether oxygens (including phenoxy) is 1. The third-order valence-electron chi connectivity index (χ3n) is 1.65. The van der Waals surface area contributed by atoms with Crippen LogP contribution in [0.3, 0.4) is 0 Å². The number of carbonyl (C=O) groups is 1. The fraction of sp³-hybridized carbons (Fsp3) is 0.700. The molecule has 1 unspecified atom stereocenters. The first-order valence-electron chi connectivity index (χ1n) is 4.58. The Balaban J connectivity index is 3.51. The molecule has 13 heavy (non-hydrogen) atoms. The molecular weight excluding hydrogens is 184 g/mol. The molecular formula is C10H18O2S. The number of esters is 1. The zero-order valence-electron chi connectivity index (χ0n) is 8.38. The van der Waals surface area contributed by atoms with E-state index in [1.54, 1.807) is 6.92 Å². The van der Waals surface area contributed by atoms with Crippen molar-refractivity contribution in [1.82, 2.24) is 0 Å². The maximum Gasteiger partial charge on any atom is 0.333 e. The first-order chi connectivity index (χ1) is 6.07. The van der Waals surface area contributed by atoms with Crippen LogP contribution in [0.5, 0.6) is 0 Å². The van der Waals surface area contributed by atoms with E-state index >= 15 is 0 Å². The summed E-state index contributed by atoms with van der Waals surface area (Å²) in [6, 6.07) is 0. The minimum absolute atomic E-state index is 0.156. The largest absolute Gasteiger partial charge is 0.461 e. The molecule has 0 saturated heterocycles. The molecule has 0 amide bonds. The highest BCUT2D eigenvalue weighted by molar-refractivity contribution is 7.81. The van der Waals surface area contributed by atoms with Gasteiger partial charge in [-0.25, -0.2) is 4.79 Å². The third-order valence-corrected chi connectivity index (χ3v) is 2.05. The van der Waals surface area contributed by atoms with Crippen LogP contribution in [0.2, 0.25) is 0 Å². The summed E-state index contributed by atoms with van der Waals surface area (Å²) in [5.41, 5.74) is 0.441. The molecule has 0 aliphatic carbocycles. The van der Waals surface area contributed by atoms with Gasteiger partial charge in [0.1, 0.15) is 6.61 Å². The van der Waals surface area contributed by atoms with Gasteiger partial charge in [0.05, 0.1) is 0 Å². The SMILES string of the molecule is C=C(C)C(=O)OCC(S)CCCC. The molecule has 76 valence electrons. The van der Waals surface area contributed by atoms with Gasteiger partial charge in [-0.1, -0.05) is 26.3 Å². The van der Waals surface area contributed by atoms with E-state index in [0.717, 1.165) is 19.3 Å². The van der Waals surface area contributed by atoms with Crippen molar-refractivity contribution in [2.45, 2.75) is 38.4 Å². The zero-order valence-corrected chi connectivity index (χ0v) is 9.27. The second kappa shape index (κ2) is 7.01. The summed E-state index contributed by atoms with van der Waals surface area (Å²) >= 11 is 4.30. The standard InChI is InChI=1S/C10H18O2S/c1-4-5-6-9(13)7-12-10(11)8(2)3/h9,13H,2,4-7H2,1,3H3. The molecule has 0 aromatic heterocycles. The molecule has 0 heterocycles. The maximum atomic E-state index is 11.0. The summed E-state index contributed by atoms with van der Waals surface area (Å²) in [6.45, 7) is 7.65. The first-order valence-corrected chi connectivity index (χ1v) is 5.10.